The third kappa shape index (κ3) is 5.05. The van der Waals surface area contributed by atoms with E-state index < -0.39 is 8.80 Å². The highest BCUT2D eigenvalue weighted by Crippen LogP contribution is 2.15. The molecular weight excluding hydrogens is 274 g/mol. The Hall–Kier alpha value is -1.21. The minimum absolute atomic E-state index is 0.617. The van der Waals surface area contributed by atoms with Crippen molar-refractivity contribution in [1.82, 2.24) is 4.90 Å². The lowest BCUT2D eigenvalue weighted by Gasteiger charge is -2.25. The van der Waals surface area contributed by atoms with E-state index in [1.54, 1.807) is 26.2 Å². The third-order valence-corrected chi connectivity index (χ3v) is 6.07. The van der Waals surface area contributed by atoms with Crippen LogP contribution in [-0.4, -0.2) is 48.0 Å². The van der Waals surface area contributed by atoms with Crippen LogP contribution in [0.4, 0.5) is 0 Å². The topological polar surface area (TPSA) is 48.0 Å². The molecule has 1 aromatic rings. The SMILES string of the molecule is CO[Si](CCCN(C=O)Cc1ccccc1)(OC)OC. The van der Waals surface area contributed by atoms with Crippen LogP contribution in [0, 0.1) is 0 Å². The molecule has 0 unspecified atom stereocenters. The van der Waals surface area contributed by atoms with Gasteiger partial charge < -0.3 is 18.2 Å². The van der Waals surface area contributed by atoms with Crippen LogP contribution in [0.15, 0.2) is 30.3 Å². The van der Waals surface area contributed by atoms with Crippen molar-refractivity contribution in [2.24, 2.45) is 0 Å². The van der Waals surface area contributed by atoms with E-state index in [1.807, 2.05) is 30.3 Å². The van der Waals surface area contributed by atoms with Crippen LogP contribution in [0.1, 0.15) is 12.0 Å². The fourth-order valence-corrected chi connectivity index (χ4v) is 3.75. The second kappa shape index (κ2) is 8.86. The van der Waals surface area contributed by atoms with E-state index in [2.05, 4.69) is 0 Å². The lowest BCUT2D eigenvalue weighted by Crippen LogP contribution is -2.43. The zero-order chi connectivity index (χ0) is 14.8. The van der Waals surface area contributed by atoms with E-state index in [1.165, 1.54) is 0 Å². The molecule has 112 valence electrons. The van der Waals surface area contributed by atoms with Gasteiger partial charge in [-0.15, -0.1) is 0 Å². The highest BCUT2D eigenvalue weighted by atomic mass is 28.4. The Labute approximate surface area is 121 Å². The molecule has 0 spiro atoms. The number of amides is 1. The summed E-state index contributed by atoms with van der Waals surface area (Å²) in [5.74, 6) is 0. The number of hydrogen-bond donors (Lipinski definition) is 0. The van der Waals surface area contributed by atoms with Gasteiger partial charge in [0.2, 0.25) is 6.41 Å². The molecule has 0 aromatic heterocycles. The molecule has 0 radical (unpaired) electrons. The molecule has 0 saturated heterocycles. The van der Waals surface area contributed by atoms with Crippen LogP contribution in [0.2, 0.25) is 6.04 Å². The number of carbonyl (C=O) groups excluding carboxylic acids is 1. The Kier molecular flexibility index (Phi) is 7.46. The lowest BCUT2D eigenvalue weighted by molar-refractivity contribution is -0.118. The largest absolute Gasteiger partial charge is 0.500 e. The molecule has 0 bridgehead atoms. The summed E-state index contributed by atoms with van der Waals surface area (Å²) < 4.78 is 16.1. The van der Waals surface area contributed by atoms with E-state index >= 15 is 0 Å². The van der Waals surface area contributed by atoms with Crippen LogP contribution >= 0.6 is 0 Å². The van der Waals surface area contributed by atoms with Gasteiger partial charge in [-0.05, 0) is 12.0 Å². The summed E-state index contributed by atoms with van der Waals surface area (Å²) in [6.07, 6.45) is 1.66. The maximum atomic E-state index is 11.1. The van der Waals surface area contributed by atoms with Gasteiger partial charge in [0, 0.05) is 40.5 Å². The smallest absolute Gasteiger partial charge is 0.377 e. The Bertz CT molecular complexity index is 376. The first-order chi connectivity index (χ1) is 9.69. The number of hydrogen-bond acceptors (Lipinski definition) is 4. The molecule has 0 saturated carbocycles. The van der Waals surface area contributed by atoms with Crippen molar-refractivity contribution in [3.8, 4) is 0 Å². The second-order valence-electron chi connectivity index (χ2n) is 4.46. The molecule has 5 nitrogen and oxygen atoms in total. The van der Waals surface area contributed by atoms with Gasteiger partial charge in [0.1, 0.15) is 0 Å². The Morgan fingerprint density at radius 3 is 2.20 bits per heavy atom. The molecule has 0 aliphatic carbocycles. The third-order valence-electron chi connectivity index (χ3n) is 3.24. The van der Waals surface area contributed by atoms with Gasteiger partial charge in [0.05, 0.1) is 0 Å². The van der Waals surface area contributed by atoms with Crippen molar-refractivity contribution < 1.29 is 18.1 Å². The summed E-state index contributed by atoms with van der Waals surface area (Å²) in [6, 6.07) is 10.6. The quantitative estimate of drug-likeness (QED) is 0.489. The first-order valence-corrected chi connectivity index (χ1v) is 8.51. The fraction of sp³-hybridized carbons (Fsp3) is 0.500. The van der Waals surface area contributed by atoms with E-state index in [0.717, 1.165) is 18.4 Å². The van der Waals surface area contributed by atoms with Gasteiger partial charge in [0.15, 0.2) is 0 Å². The predicted molar refractivity (Wildman–Crippen MR) is 79.1 cm³/mol. The highest BCUT2D eigenvalue weighted by Gasteiger charge is 2.36. The van der Waals surface area contributed by atoms with Gasteiger partial charge in [-0.1, -0.05) is 30.3 Å². The van der Waals surface area contributed by atoms with Crippen LogP contribution < -0.4 is 0 Å². The number of benzene rings is 1. The van der Waals surface area contributed by atoms with Crippen LogP contribution in [0.3, 0.4) is 0 Å². The van der Waals surface area contributed by atoms with Crippen molar-refractivity contribution >= 4 is 15.2 Å². The molecule has 1 amide bonds. The van der Waals surface area contributed by atoms with Crippen molar-refractivity contribution in [2.45, 2.75) is 19.0 Å². The molecule has 0 aliphatic heterocycles. The summed E-state index contributed by atoms with van der Waals surface area (Å²) in [5.41, 5.74) is 1.12. The van der Waals surface area contributed by atoms with Crippen molar-refractivity contribution in [1.29, 1.82) is 0 Å². The Balaban J connectivity index is 2.44. The van der Waals surface area contributed by atoms with Crippen LogP contribution in [0.5, 0.6) is 0 Å². The van der Waals surface area contributed by atoms with Gasteiger partial charge in [-0.2, -0.15) is 0 Å². The monoisotopic (exact) mass is 297 g/mol. The Morgan fingerprint density at radius 1 is 1.10 bits per heavy atom. The first kappa shape index (κ1) is 16.8. The number of carbonyl (C=O) groups is 1. The number of rotatable bonds is 10. The van der Waals surface area contributed by atoms with Gasteiger partial charge in [0.25, 0.3) is 0 Å². The minimum atomic E-state index is -2.53. The van der Waals surface area contributed by atoms with Gasteiger partial charge in [-0.3, -0.25) is 4.79 Å². The first-order valence-electron chi connectivity index (χ1n) is 6.58. The number of nitrogens with zero attached hydrogens (tertiary/aromatic N) is 1. The molecule has 0 fully saturated rings. The second-order valence-corrected chi connectivity index (χ2v) is 7.55. The lowest BCUT2D eigenvalue weighted by atomic mass is 10.2. The molecular formula is C14H23NO4Si. The molecule has 0 heterocycles. The summed E-state index contributed by atoms with van der Waals surface area (Å²) in [4.78, 5) is 12.9. The molecule has 0 aliphatic rings. The molecule has 0 atom stereocenters. The minimum Gasteiger partial charge on any atom is -0.377 e. The van der Waals surface area contributed by atoms with Crippen molar-refractivity contribution in [2.75, 3.05) is 27.9 Å². The maximum Gasteiger partial charge on any atom is 0.500 e. The molecule has 0 N–H and O–H groups in total. The van der Waals surface area contributed by atoms with Crippen molar-refractivity contribution in [3.05, 3.63) is 35.9 Å². The van der Waals surface area contributed by atoms with Crippen molar-refractivity contribution in [3.63, 3.8) is 0 Å². The summed E-state index contributed by atoms with van der Waals surface area (Å²) in [6.45, 7) is 1.27. The highest BCUT2D eigenvalue weighted by molar-refractivity contribution is 6.60. The molecule has 1 rings (SSSR count). The van der Waals surface area contributed by atoms with Crippen LogP contribution in [-0.2, 0) is 24.6 Å². The van der Waals surface area contributed by atoms with E-state index in [-0.39, 0.29) is 0 Å². The standard InChI is InChI=1S/C14H23NO4Si/c1-17-20(18-2,19-3)11-7-10-15(13-16)12-14-8-5-4-6-9-14/h4-6,8-9,13H,7,10-12H2,1-3H3. The molecule has 1 aromatic carbocycles. The zero-order valence-corrected chi connectivity index (χ0v) is 13.4. The molecule has 6 heteroatoms. The van der Waals surface area contributed by atoms with Crippen LogP contribution in [0.25, 0.3) is 0 Å². The summed E-state index contributed by atoms with van der Waals surface area (Å²) in [5, 5.41) is 0. The average molecular weight is 297 g/mol. The fourth-order valence-electron chi connectivity index (χ4n) is 2.04. The normalized spacial score (nSPS) is 11.3. The zero-order valence-electron chi connectivity index (χ0n) is 12.4. The summed E-state index contributed by atoms with van der Waals surface area (Å²) in [7, 11) is 2.26. The predicted octanol–water partition coefficient (Wildman–Crippen LogP) is 1.91. The van der Waals surface area contributed by atoms with E-state index in [0.29, 0.717) is 19.1 Å². The molecule has 20 heavy (non-hydrogen) atoms. The van der Waals surface area contributed by atoms with Gasteiger partial charge in [-0.25, -0.2) is 0 Å². The Morgan fingerprint density at radius 2 is 1.70 bits per heavy atom. The van der Waals surface area contributed by atoms with E-state index in [9.17, 15) is 4.79 Å². The average Bonchev–Trinajstić information content (AvgIpc) is 2.52. The van der Waals surface area contributed by atoms with Gasteiger partial charge >= 0.3 is 8.80 Å². The van der Waals surface area contributed by atoms with E-state index in [4.69, 9.17) is 13.3 Å². The summed E-state index contributed by atoms with van der Waals surface area (Å²) >= 11 is 0. The maximum absolute atomic E-state index is 11.1.